The number of rotatable bonds is 2. The minimum atomic E-state index is -0.0167. The highest BCUT2D eigenvalue weighted by atomic mass is 35.5. The third kappa shape index (κ3) is 3.69. The van der Waals surface area contributed by atoms with Gasteiger partial charge in [-0.2, -0.15) is 0 Å². The first-order valence-corrected chi connectivity index (χ1v) is 9.70. The Morgan fingerprint density at radius 3 is 2.56 bits per heavy atom. The van der Waals surface area contributed by atoms with E-state index in [4.69, 9.17) is 21.1 Å². The zero-order valence-corrected chi connectivity index (χ0v) is 16.2. The van der Waals surface area contributed by atoms with Gasteiger partial charge in [0.15, 0.2) is 11.5 Å². The third-order valence-electron chi connectivity index (χ3n) is 5.07. The molecule has 6 heteroatoms. The fraction of sp³-hybridized carbons (Fsp3) is 0.381. The first kappa shape index (κ1) is 18.0. The summed E-state index contributed by atoms with van der Waals surface area (Å²) in [5.74, 6) is 1.08. The van der Waals surface area contributed by atoms with Crippen LogP contribution in [0.25, 0.3) is 0 Å². The van der Waals surface area contributed by atoms with Crippen LogP contribution >= 0.6 is 11.6 Å². The fourth-order valence-electron chi connectivity index (χ4n) is 3.61. The molecule has 1 fully saturated rings. The summed E-state index contributed by atoms with van der Waals surface area (Å²) in [6.07, 6.45) is 0.801. The molecule has 2 aromatic rings. The first-order valence-electron chi connectivity index (χ1n) is 9.32. The number of carbonyl (C=O) groups excluding carboxylic acids is 1. The number of amides is 1. The molecule has 1 amide bonds. The molecule has 27 heavy (non-hydrogen) atoms. The van der Waals surface area contributed by atoms with E-state index in [1.54, 1.807) is 12.1 Å². The number of hydrogen-bond donors (Lipinski definition) is 0. The predicted molar refractivity (Wildman–Crippen MR) is 106 cm³/mol. The van der Waals surface area contributed by atoms with Crippen molar-refractivity contribution in [3.05, 3.63) is 52.5 Å². The number of para-hydroxylation sites is 1. The van der Waals surface area contributed by atoms with Crippen molar-refractivity contribution in [2.24, 2.45) is 0 Å². The van der Waals surface area contributed by atoms with E-state index in [0.29, 0.717) is 48.4 Å². The summed E-state index contributed by atoms with van der Waals surface area (Å²) >= 11 is 6.34. The van der Waals surface area contributed by atoms with Crippen molar-refractivity contribution < 1.29 is 14.3 Å². The van der Waals surface area contributed by atoms with Crippen molar-refractivity contribution in [1.29, 1.82) is 0 Å². The van der Waals surface area contributed by atoms with Crippen molar-refractivity contribution in [3.63, 3.8) is 0 Å². The number of hydrogen-bond acceptors (Lipinski definition) is 4. The lowest BCUT2D eigenvalue weighted by molar-refractivity contribution is 0.0746. The largest absolute Gasteiger partial charge is 0.489 e. The van der Waals surface area contributed by atoms with Crippen LogP contribution in [0, 0.1) is 6.92 Å². The third-order valence-corrected chi connectivity index (χ3v) is 5.35. The fourth-order valence-corrected chi connectivity index (χ4v) is 3.87. The number of benzene rings is 2. The average Bonchev–Trinajstić information content (AvgIpc) is 2.94. The number of nitrogens with zero attached hydrogens (tertiary/aromatic N) is 2. The molecule has 0 radical (unpaired) electrons. The number of carbonyl (C=O) groups is 1. The van der Waals surface area contributed by atoms with Gasteiger partial charge in [-0.3, -0.25) is 4.79 Å². The van der Waals surface area contributed by atoms with E-state index in [0.717, 1.165) is 19.5 Å². The maximum absolute atomic E-state index is 13.0. The highest BCUT2D eigenvalue weighted by molar-refractivity contribution is 6.32. The Balaban J connectivity index is 1.48. The highest BCUT2D eigenvalue weighted by Gasteiger charge is 2.25. The van der Waals surface area contributed by atoms with Gasteiger partial charge >= 0.3 is 0 Å². The van der Waals surface area contributed by atoms with Crippen LogP contribution in [0.5, 0.6) is 11.5 Å². The molecule has 2 aliphatic heterocycles. The second-order valence-electron chi connectivity index (χ2n) is 6.90. The van der Waals surface area contributed by atoms with Crippen LogP contribution in [-0.2, 0) is 0 Å². The Kier molecular flexibility index (Phi) is 5.12. The molecule has 2 aromatic carbocycles. The topological polar surface area (TPSA) is 42.0 Å². The lowest BCUT2D eigenvalue weighted by Gasteiger charge is -2.37. The number of fused-ring (bicyclic) bond motifs is 1. The predicted octanol–water partition coefficient (Wildman–Crippen LogP) is 3.77. The minimum absolute atomic E-state index is 0.0167. The zero-order chi connectivity index (χ0) is 18.8. The molecule has 0 bridgehead atoms. The second kappa shape index (κ2) is 7.69. The smallest absolute Gasteiger partial charge is 0.254 e. The first-order chi connectivity index (χ1) is 13.1. The molecule has 0 atom stereocenters. The van der Waals surface area contributed by atoms with Crippen LogP contribution in [0.1, 0.15) is 22.3 Å². The van der Waals surface area contributed by atoms with Gasteiger partial charge in [0.05, 0.1) is 18.2 Å². The van der Waals surface area contributed by atoms with E-state index in [9.17, 15) is 4.79 Å². The molecule has 4 rings (SSSR count). The summed E-state index contributed by atoms with van der Waals surface area (Å²) < 4.78 is 11.4. The van der Waals surface area contributed by atoms with Crippen molar-refractivity contribution in [3.8, 4) is 11.5 Å². The number of aryl methyl sites for hydroxylation is 1. The highest BCUT2D eigenvalue weighted by Crippen LogP contribution is 2.38. The van der Waals surface area contributed by atoms with E-state index in [1.807, 2.05) is 11.0 Å². The van der Waals surface area contributed by atoms with Crippen LogP contribution in [0.15, 0.2) is 36.4 Å². The average molecular weight is 387 g/mol. The monoisotopic (exact) mass is 386 g/mol. The molecule has 0 saturated carbocycles. The lowest BCUT2D eigenvalue weighted by Crippen LogP contribution is -2.49. The Hall–Kier alpha value is -2.40. The lowest BCUT2D eigenvalue weighted by atomic mass is 10.1. The quantitative estimate of drug-likeness (QED) is 0.787. The molecule has 142 valence electrons. The molecule has 2 aliphatic rings. The summed E-state index contributed by atoms with van der Waals surface area (Å²) in [5.41, 5.74) is 3.05. The number of ether oxygens (including phenoxy) is 2. The molecule has 5 nitrogen and oxygen atoms in total. The van der Waals surface area contributed by atoms with Gasteiger partial charge in [0.1, 0.15) is 0 Å². The van der Waals surface area contributed by atoms with Gasteiger partial charge in [-0.25, -0.2) is 0 Å². The van der Waals surface area contributed by atoms with Crippen molar-refractivity contribution in [2.45, 2.75) is 13.3 Å². The van der Waals surface area contributed by atoms with Crippen LogP contribution < -0.4 is 14.4 Å². The van der Waals surface area contributed by atoms with E-state index in [1.165, 1.54) is 11.3 Å². The van der Waals surface area contributed by atoms with Gasteiger partial charge < -0.3 is 19.3 Å². The molecule has 0 unspecified atom stereocenters. The van der Waals surface area contributed by atoms with Gasteiger partial charge in [-0.1, -0.05) is 29.8 Å². The van der Waals surface area contributed by atoms with Gasteiger partial charge in [0.25, 0.3) is 5.91 Å². The van der Waals surface area contributed by atoms with Gasteiger partial charge in [-0.15, -0.1) is 0 Å². The standard InChI is InChI=1S/C21H23ClN2O3/c1-15-5-2-3-6-18(15)23-7-9-24(10-8-23)21(25)16-13-17(22)20-19(14-16)26-11-4-12-27-20/h2-3,5-6,13-14H,4,7-12H2,1H3. The Morgan fingerprint density at radius 1 is 1.04 bits per heavy atom. The molecule has 1 saturated heterocycles. The zero-order valence-electron chi connectivity index (χ0n) is 15.4. The molecule has 0 aromatic heterocycles. The normalized spacial score (nSPS) is 16.8. The van der Waals surface area contributed by atoms with E-state index in [-0.39, 0.29) is 5.91 Å². The summed E-state index contributed by atoms with van der Waals surface area (Å²) in [6.45, 7) is 6.24. The molecular formula is C21H23ClN2O3. The molecule has 0 aliphatic carbocycles. The molecular weight excluding hydrogens is 364 g/mol. The SMILES string of the molecule is Cc1ccccc1N1CCN(C(=O)c2cc(Cl)c3c(c2)OCCCO3)CC1. The van der Waals surface area contributed by atoms with Gasteiger partial charge in [-0.05, 0) is 30.7 Å². The van der Waals surface area contributed by atoms with Crippen molar-refractivity contribution >= 4 is 23.2 Å². The maximum atomic E-state index is 13.0. The molecule has 0 spiro atoms. The van der Waals surface area contributed by atoms with Crippen LogP contribution in [-0.4, -0.2) is 50.2 Å². The van der Waals surface area contributed by atoms with Crippen molar-refractivity contribution in [1.82, 2.24) is 4.90 Å². The van der Waals surface area contributed by atoms with Crippen LogP contribution in [0.3, 0.4) is 0 Å². The summed E-state index contributed by atoms with van der Waals surface area (Å²) in [6, 6.07) is 11.8. The van der Waals surface area contributed by atoms with Crippen LogP contribution in [0.2, 0.25) is 5.02 Å². The van der Waals surface area contributed by atoms with Gasteiger partial charge in [0.2, 0.25) is 0 Å². The number of piperazine rings is 1. The summed E-state index contributed by atoms with van der Waals surface area (Å²) in [4.78, 5) is 17.2. The Labute approximate surface area is 164 Å². The van der Waals surface area contributed by atoms with Crippen LogP contribution in [0.4, 0.5) is 5.69 Å². The molecule has 2 heterocycles. The Morgan fingerprint density at radius 2 is 1.78 bits per heavy atom. The number of anilines is 1. The van der Waals surface area contributed by atoms with Crippen molar-refractivity contribution in [2.75, 3.05) is 44.3 Å². The van der Waals surface area contributed by atoms with E-state index >= 15 is 0 Å². The van der Waals surface area contributed by atoms with E-state index < -0.39 is 0 Å². The van der Waals surface area contributed by atoms with Gasteiger partial charge in [0, 0.05) is 43.9 Å². The number of halogens is 1. The summed E-state index contributed by atoms with van der Waals surface area (Å²) in [7, 11) is 0. The minimum Gasteiger partial charge on any atom is -0.489 e. The Bertz CT molecular complexity index is 847. The van der Waals surface area contributed by atoms with E-state index in [2.05, 4.69) is 30.0 Å². The summed E-state index contributed by atoms with van der Waals surface area (Å²) in [5, 5.41) is 0.427. The molecule has 0 N–H and O–H groups in total. The maximum Gasteiger partial charge on any atom is 0.254 e. The second-order valence-corrected chi connectivity index (χ2v) is 7.31.